The van der Waals surface area contributed by atoms with E-state index in [9.17, 15) is 9.90 Å². The van der Waals surface area contributed by atoms with E-state index in [2.05, 4.69) is 28.4 Å². The third kappa shape index (κ3) is 6.08. The topological polar surface area (TPSA) is 61.8 Å². The molecule has 0 heterocycles. The van der Waals surface area contributed by atoms with E-state index < -0.39 is 0 Å². The molecular formula is C26H34N2O3. The van der Waals surface area contributed by atoms with Gasteiger partial charge in [-0.25, -0.2) is 0 Å². The van der Waals surface area contributed by atoms with E-state index in [4.69, 9.17) is 4.74 Å². The molecular weight excluding hydrogens is 388 g/mol. The zero-order chi connectivity index (χ0) is 21.6. The van der Waals surface area contributed by atoms with E-state index in [-0.39, 0.29) is 18.1 Å². The summed E-state index contributed by atoms with van der Waals surface area (Å²) in [5, 5.41) is 13.3. The van der Waals surface area contributed by atoms with E-state index in [1.165, 1.54) is 18.4 Å². The first-order valence-electron chi connectivity index (χ1n) is 11.5. The number of benzene rings is 2. The van der Waals surface area contributed by atoms with E-state index in [0.29, 0.717) is 25.0 Å². The highest BCUT2D eigenvalue weighted by molar-refractivity contribution is 5.78. The van der Waals surface area contributed by atoms with Crippen molar-refractivity contribution >= 4 is 5.91 Å². The van der Waals surface area contributed by atoms with Gasteiger partial charge < -0.3 is 15.2 Å². The molecule has 0 saturated heterocycles. The molecule has 5 heteroatoms. The van der Waals surface area contributed by atoms with Gasteiger partial charge in [0.25, 0.3) is 0 Å². The fourth-order valence-corrected chi connectivity index (χ4v) is 4.71. The Kier molecular flexibility index (Phi) is 7.25. The number of aliphatic hydroxyl groups is 1. The second kappa shape index (κ2) is 10.3. The molecule has 0 spiro atoms. The van der Waals surface area contributed by atoms with Crippen molar-refractivity contribution in [3.63, 3.8) is 0 Å². The largest absolute Gasteiger partial charge is 0.497 e. The van der Waals surface area contributed by atoms with Crippen molar-refractivity contribution in [2.75, 3.05) is 13.7 Å². The lowest BCUT2D eigenvalue weighted by molar-refractivity contribution is -0.124. The van der Waals surface area contributed by atoms with Crippen LogP contribution in [-0.2, 0) is 11.3 Å². The molecule has 2 N–H and O–H groups in total. The van der Waals surface area contributed by atoms with Crippen LogP contribution in [-0.4, -0.2) is 41.7 Å². The van der Waals surface area contributed by atoms with Gasteiger partial charge in [0.2, 0.25) is 5.91 Å². The number of hydrogen-bond donors (Lipinski definition) is 2. The van der Waals surface area contributed by atoms with Crippen LogP contribution in [0.4, 0.5) is 0 Å². The SMILES string of the molecule is COc1cccc(CN(CC(=O)NC(c2ccccc2)C2CC2)C2CCC(O)CC2)c1. The van der Waals surface area contributed by atoms with Crippen LogP contribution in [0.3, 0.4) is 0 Å². The van der Waals surface area contributed by atoms with Gasteiger partial charge in [-0.05, 0) is 67.7 Å². The van der Waals surface area contributed by atoms with Crippen LogP contribution in [0.25, 0.3) is 0 Å². The molecule has 2 saturated carbocycles. The van der Waals surface area contributed by atoms with E-state index >= 15 is 0 Å². The first kappa shape index (κ1) is 21.8. The summed E-state index contributed by atoms with van der Waals surface area (Å²) in [6.45, 7) is 1.07. The monoisotopic (exact) mass is 422 g/mol. The van der Waals surface area contributed by atoms with E-state index in [1.807, 2.05) is 36.4 Å². The van der Waals surface area contributed by atoms with E-state index in [0.717, 1.165) is 37.0 Å². The number of nitrogens with one attached hydrogen (secondary N) is 1. The van der Waals surface area contributed by atoms with Crippen LogP contribution >= 0.6 is 0 Å². The summed E-state index contributed by atoms with van der Waals surface area (Å²) in [5.41, 5.74) is 2.33. The Labute approximate surface area is 185 Å². The molecule has 2 aromatic rings. The number of ether oxygens (including phenoxy) is 1. The third-order valence-corrected chi connectivity index (χ3v) is 6.62. The molecule has 0 aliphatic heterocycles. The van der Waals surface area contributed by atoms with Crippen LogP contribution in [0, 0.1) is 5.92 Å². The highest BCUT2D eigenvalue weighted by Crippen LogP contribution is 2.41. The number of hydrogen-bond acceptors (Lipinski definition) is 4. The average Bonchev–Trinajstić information content (AvgIpc) is 3.64. The van der Waals surface area contributed by atoms with Crippen molar-refractivity contribution in [2.45, 2.75) is 63.3 Å². The van der Waals surface area contributed by atoms with Crippen molar-refractivity contribution in [1.82, 2.24) is 10.2 Å². The Morgan fingerprint density at radius 3 is 2.48 bits per heavy atom. The first-order chi connectivity index (χ1) is 15.1. The quantitative estimate of drug-likeness (QED) is 0.640. The molecule has 0 radical (unpaired) electrons. The first-order valence-corrected chi connectivity index (χ1v) is 11.5. The Hall–Kier alpha value is -2.37. The highest BCUT2D eigenvalue weighted by Gasteiger charge is 2.34. The lowest BCUT2D eigenvalue weighted by Crippen LogP contribution is -2.45. The minimum atomic E-state index is -0.207. The maximum Gasteiger partial charge on any atom is 0.234 e. The summed E-state index contributed by atoms with van der Waals surface area (Å²) < 4.78 is 5.38. The van der Waals surface area contributed by atoms with Gasteiger partial charge in [0.1, 0.15) is 5.75 Å². The number of rotatable bonds is 9. The van der Waals surface area contributed by atoms with Gasteiger partial charge in [-0.1, -0.05) is 42.5 Å². The Morgan fingerprint density at radius 1 is 1.06 bits per heavy atom. The molecule has 2 aliphatic rings. The molecule has 2 aliphatic carbocycles. The van der Waals surface area contributed by atoms with Crippen molar-refractivity contribution in [3.05, 3.63) is 65.7 Å². The number of aliphatic hydroxyl groups excluding tert-OH is 1. The Bertz CT molecular complexity index is 845. The van der Waals surface area contributed by atoms with Crippen molar-refractivity contribution in [2.24, 2.45) is 5.92 Å². The van der Waals surface area contributed by atoms with Gasteiger partial charge >= 0.3 is 0 Å². The number of methoxy groups -OCH3 is 1. The molecule has 0 bridgehead atoms. The maximum absolute atomic E-state index is 13.2. The van der Waals surface area contributed by atoms with Gasteiger partial charge in [-0.15, -0.1) is 0 Å². The molecule has 2 aromatic carbocycles. The van der Waals surface area contributed by atoms with Crippen LogP contribution in [0.15, 0.2) is 54.6 Å². The summed E-state index contributed by atoms with van der Waals surface area (Å²) in [6, 6.07) is 18.8. The Balaban J connectivity index is 1.45. The second-order valence-electron chi connectivity index (χ2n) is 9.01. The minimum absolute atomic E-state index is 0.0785. The summed E-state index contributed by atoms with van der Waals surface area (Å²) in [4.78, 5) is 15.4. The molecule has 1 amide bonds. The van der Waals surface area contributed by atoms with Crippen LogP contribution < -0.4 is 10.1 Å². The predicted octanol–water partition coefficient (Wildman–Crippen LogP) is 4.07. The second-order valence-corrected chi connectivity index (χ2v) is 9.01. The number of amides is 1. The van der Waals surface area contributed by atoms with Crippen LogP contribution in [0.5, 0.6) is 5.75 Å². The Morgan fingerprint density at radius 2 is 1.81 bits per heavy atom. The standard InChI is InChI=1S/C26H34N2O3/c1-31-24-9-5-6-19(16-24)17-28(22-12-14-23(29)15-13-22)18-25(30)27-26(21-10-11-21)20-7-3-2-4-8-20/h2-9,16,21-23,26,29H,10-15,17-18H2,1H3,(H,27,30). The minimum Gasteiger partial charge on any atom is -0.497 e. The fourth-order valence-electron chi connectivity index (χ4n) is 4.71. The lowest BCUT2D eigenvalue weighted by atomic mass is 9.91. The van der Waals surface area contributed by atoms with Crippen molar-refractivity contribution in [1.29, 1.82) is 0 Å². The zero-order valence-electron chi connectivity index (χ0n) is 18.4. The van der Waals surface area contributed by atoms with Gasteiger partial charge in [0.15, 0.2) is 0 Å². The normalized spacial score (nSPS) is 22.2. The molecule has 1 unspecified atom stereocenters. The smallest absolute Gasteiger partial charge is 0.234 e. The van der Waals surface area contributed by atoms with E-state index in [1.54, 1.807) is 7.11 Å². The molecule has 166 valence electrons. The number of nitrogens with zero attached hydrogens (tertiary/aromatic N) is 1. The van der Waals surface area contributed by atoms with Gasteiger partial charge in [-0.2, -0.15) is 0 Å². The lowest BCUT2D eigenvalue weighted by Gasteiger charge is -2.36. The van der Waals surface area contributed by atoms with Gasteiger partial charge in [-0.3, -0.25) is 9.69 Å². The molecule has 1 atom stereocenters. The zero-order valence-corrected chi connectivity index (χ0v) is 18.4. The predicted molar refractivity (Wildman–Crippen MR) is 122 cm³/mol. The summed E-state index contributed by atoms with van der Waals surface area (Å²) in [5.74, 6) is 1.46. The summed E-state index contributed by atoms with van der Waals surface area (Å²) in [7, 11) is 1.68. The average molecular weight is 423 g/mol. The van der Waals surface area contributed by atoms with Crippen LogP contribution in [0.2, 0.25) is 0 Å². The highest BCUT2D eigenvalue weighted by atomic mass is 16.5. The number of carbonyl (C=O) groups is 1. The molecule has 0 aromatic heterocycles. The number of carbonyl (C=O) groups excluding carboxylic acids is 1. The summed E-state index contributed by atoms with van der Waals surface area (Å²) in [6.07, 6.45) is 5.58. The van der Waals surface area contributed by atoms with Crippen molar-refractivity contribution in [3.8, 4) is 5.75 Å². The molecule has 31 heavy (non-hydrogen) atoms. The molecule has 4 rings (SSSR count). The van der Waals surface area contributed by atoms with Crippen LogP contribution in [0.1, 0.15) is 55.7 Å². The van der Waals surface area contributed by atoms with Gasteiger partial charge in [0.05, 0.1) is 25.8 Å². The third-order valence-electron chi connectivity index (χ3n) is 6.62. The molecule has 2 fully saturated rings. The summed E-state index contributed by atoms with van der Waals surface area (Å²) >= 11 is 0. The van der Waals surface area contributed by atoms with Gasteiger partial charge in [0, 0.05) is 12.6 Å². The fraction of sp³-hybridized carbons (Fsp3) is 0.500. The maximum atomic E-state index is 13.2. The van der Waals surface area contributed by atoms with Crippen molar-refractivity contribution < 1.29 is 14.6 Å². The molecule has 5 nitrogen and oxygen atoms in total.